The van der Waals surface area contributed by atoms with Gasteiger partial charge in [-0.3, -0.25) is 5.10 Å². The van der Waals surface area contributed by atoms with Gasteiger partial charge in [-0.25, -0.2) is 19.3 Å². The number of methoxy groups -OCH3 is 1. The molecule has 1 atom stereocenters. The van der Waals surface area contributed by atoms with E-state index in [1.807, 2.05) is 31.2 Å². The maximum absolute atomic E-state index is 13.4. The highest BCUT2D eigenvalue weighted by Gasteiger charge is 2.45. The molecule has 35 heavy (non-hydrogen) atoms. The Morgan fingerprint density at radius 1 is 1.23 bits per heavy atom. The zero-order valence-corrected chi connectivity index (χ0v) is 19.7. The summed E-state index contributed by atoms with van der Waals surface area (Å²) in [5, 5.41) is 17.0. The Morgan fingerprint density at radius 3 is 2.77 bits per heavy atom. The molecule has 2 aromatic carbocycles. The minimum atomic E-state index is -0.981. The Hall–Kier alpha value is -3.92. The second-order valence-corrected chi connectivity index (χ2v) is 9.09. The minimum absolute atomic E-state index is 0.201. The predicted molar refractivity (Wildman–Crippen MR) is 130 cm³/mol. The van der Waals surface area contributed by atoms with E-state index in [0.717, 1.165) is 58.4 Å². The van der Waals surface area contributed by atoms with Gasteiger partial charge in [0.15, 0.2) is 0 Å². The first kappa shape index (κ1) is 22.9. The quantitative estimate of drug-likeness (QED) is 0.428. The number of fused-ring (bicyclic) bond motifs is 3. The molecule has 0 radical (unpaired) electrons. The average Bonchev–Trinajstić information content (AvgIpc) is 3.33. The van der Waals surface area contributed by atoms with Crippen LogP contribution in [0, 0.1) is 6.92 Å². The first-order valence-electron chi connectivity index (χ1n) is 11.7. The van der Waals surface area contributed by atoms with Gasteiger partial charge in [-0.2, -0.15) is 5.10 Å². The lowest BCUT2D eigenvalue weighted by molar-refractivity contribution is -0.142. The number of nitrogens with one attached hydrogen (secondary N) is 4. The fourth-order valence-electron chi connectivity index (χ4n) is 5.18. The predicted octanol–water partition coefficient (Wildman–Crippen LogP) is 2.47. The molecule has 0 bridgehead atoms. The number of urea groups is 2. The van der Waals surface area contributed by atoms with Crippen LogP contribution in [0.5, 0.6) is 0 Å². The summed E-state index contributed by atoms with van der Waals surface area (Å²) >= 11 is 0. The van der Waals surface area contributed by atoms with E-state index in [4.69, 9.17) is 4.74 Å². The highest BCUT2D eigenvalue weighted by atomic mass is 16.5. The van der Waals surface area contributed by atoms with E-state index in [1.165, 1.54) is 7.11 Å². The van der Waals surface area contributed by atoms with Crippen molar-refractivity contribution in [2.24, 2.45) is 0 Å². The number of hydrogen-bond acceptors (Lipinski definition) is 6. The summed E-state index contributed by atoms with van der Waals surface area (Å²) in [6, 6.07) is 9.09. The molecule has 1 aromatic heterocycles. The molecule has 10 heteroatoms. The van der Waals surface area contributed by atoms with Crippen LogP contribution in [0.15, 0.2) is 42.6 Å². The number of imide groups is 1. The van der Waals surface area contributed by atoms with Crippen molar-refractivity contribution in [3.05, 3.63) is 59.3 Å². The van der Waals surface area contributed by atoms with Crippen LogP contribution in [-0.2, 0) is 21.5 Å². The van der Waals surface area contributed by atoms with Gasteiger partial charge in [-0.05, 0) is 56.1 Å². The number of aromatic amines is 1. The Labute approximate surface area is 202 Å². The van der Waals surface area contributed by atoms with Gasteiger partial charge in [0, 0.05) is 17.4 Å². The number of hydrogen-bond donors (Lipinski definition) is 4. The third-order valence-electron chi connectivity index (χ3n) is 6.90. The number of rotatable bonds is 4. The minimum Gasteiger partial charge on any atom is -0.467 e. The van der Waals surface area contributed by atoms with E-state index in [-0.39, 0.29) is 6.42 Å². The molecule has 1 spiro atoms. The highest BCUT2D eigenvalue weighted by Crippen LogP contribution is 2.40. The second-order valence-electron chi connectivity index (χ2n) is 9.09. The monoisotopic (exact) mass is 476 g/mol. The van der Waals surface area contributed by atoms with E-state index < -0.39 is 29.6 Å². The number of ether oxygens (including phenoxy) is 1. The van der Waals surface area contributed by atoms with Crippen LogP contribution in [-0.4, -0.2) is 54.5 Å². The van der Waals surface area contributed by atoms with Crippen molar-refractivity contribution in [1.82, 2.24) is 26.1 Å². The molecule has 1 saturated heterocycles. The van der Waals surface area contributed by atoms with E-state index in [1.54, 1.807) is 18.3 Å². The lowest BCUT2D eigenvalue weighted by Gasteiger charge is -2.45. The van der Waals surface area contributed by atoms with Crippen molar-refractivity contribution >= 4 is 34.6 Å². The molecule has 3 heterocycles. The van der Waals surface area contributed by atoms with Crippen molar-refractivity contribution in [2.75, 3.05) is 25.1 Å². The molecule has 3 aromatic rings. The molecule has 4 N–H and O–H groups in total. The Kier molecular flexibility index (Phi) is 5.89. The molecule has 2 aliphatic rings. The van der Waals surface area contributed by atoms with Crippen LogP contribution >= 0.6 is 0 Å². The average molecular weight is 477 g/mol. The van der Waals surface area contributed by atoms with Crippen molar-refractivity contribution in [2.45, 2.75) is 37.8 Å². The van der Waals surface area contributed by atoms with Crippen LogP contribution in [0.25, 0.3) is 10.9 Å². The zero-order valence-electron chi connectivity index (χ0n) is 19.7. The van der Waals surface area contributed by atoms with E-state index in [2.05, 4.69) is 26.1 Å². The van der Waals surface area contributed by atoms with Gasteiger partial charge in [0.05, 0.1) is 30.0 Å². The fraction of sp³-hybridized carbons (Fsp3) is 0.360. The van der Waals surface area contributed by atoms with E-state index in [0.29, 0.717) is 5.69 Å². The van der Waals surface area contributed by atoms with Crippen LogP contribution in [0.3, 0.4) is 0 Å². The summed E-state index contributed by atoms with van der Waals surface area (Å²) in [5.74, 6) is -0.594. The third kappa shape index (κ3) is 4.10. The normalized spacial score (nSPS) is 17.5. The van der Waals surface area contributed by atoms with Crippen LogP contribution < -0.4 is 20.9 Å². The molecular weight excluding hydrogens is 448 g/mol. The zero-order chi connectivity index (χ0) is 24.6. The second kappa shape index (κ2) is 9.03. The number of benzene rings is 2. The number of para-hydroxylation sites is 1. The molecule has 182 valence electrons. The van der Waals surface area contributed by atoms with Gasteiger partial charge in [0.2, 0.25) is 0 Å². The molecule has 2 aliphatic heterocycles. The van der Waals surface area contributed by atoms with Gasteiger partial charge < -0.3 is 20.7 Å². The molecule has 4 amide bonds. The van der Waals surface area contributed by atoms with Crippen molar-refractivity contribution in [3.8, 4) is 0 Å². The Bertz CT molecular complexity index is 1300. The summed E-state index contributed by atoms with van der Waals surface area (Å²) in [4.78, 5) is 40.3. The summed E-state index contributed by atoms with van der Waals surface area (Å²) in [5.41, 5.74) is 3.63. The van der Waals surface area contributed by atoms with Crippen LogP contribution in [0.2, 0.25) is 0 Å². The number of nitrogens with zero attached hydrogens (tertiary/aromatic N) is 2. The number of carbonyl (C=O) groups is 3. The van der Waals surface area contributed by atoms with Gasteiger partial charge in [0.25, 0.3) is 0 Å². The van der Waals surface area contributed by atoms with Crippen molar-refractivity contribution in [1.29, 1.82) is 0 Å². The number of anilines is 1. The number of H-pyrrole nitrogens is 1. The summed E-state index contributed by atoms with van der Waals surface area (Å²) in [6.07, 6.45) is 3.37. The van der Waals surface area contributed by atoms with Gasteiger partial charge in [-0.1, -0.05) is 24.3 Å². The Morgan fingerprint density at radius 2 is 2.00 bits per heavy atom. The van der Waals surface area contributed by atoms with E-state index >= 15 is 0 Å². The standard InChI is InChI=1S/C25H28N6O4/c1-15-11-16(12-17-14-27-30-21(15)17)13-19(22(32)35-2)28-23(33)31-20-6-4-3-5-18(20)25(29-24(31)34)7-9-26-10-8-25/h3-6,11-12,14,19,26H,7-10,13H2,1-2H3,(H,27,30)(H,28,33)(H,29,34). The molecule has 1 unspecified atom stereocenters. The summed E-state index contributed by atoms with van der Waals surface area (Å²) in [6.45, 7) is 3.48. The molecule has 10 nitrogen and oxygen atoms in total. The maximum Gasteiger partial charge on any atom is 0.330 e. The van der Waals surface area contributed by atoms with E-state index in [9.17, 15) is 14.4 Å². The number of carbonyl (C=O) groups excluding carboxylic acids is 3. The number of aryl methyl sites for hydroxylation is 1. The Balaban J connectivity index is 1.43. The SMILES string of the molecule is COC(=O)C(Cc1cc(C)c2[nH]ncc2c1)NC(=O)N1C(=O)NC2(CCNCC2)c2ccccc21. The number of esters is 1. The smallest absolute Gasteiger partial charge is 0.330 e. The maximum atomic E-state index is 13.4. The van der Waals surface area contributed by atoms with Crippen molar-refractivity contribution in [3.63, 3.8) is 0 Å². The number of amides is 4. The van der Waals surface area contributed by atoms with Crippen molar-refractivity contribution < 1.29 is 19.1 Å². The number of piperidine rings is 1. The largest absolute Gasteiger partial charge is 0.467 e. The first-order valence-corrected chi connectivity index (χ1v) is 11.7. The van der Waals surface area contributed by atoms with Gasteiger partial charge in [-0.15, -0.1) is 0 Å². The molecule has 0 saturated carbocycles. The topological polar surface area (TPSA) is 128 Å². The van der Waals surface area contributed by atoms with Crippen LogP contribution in [0.4, 0.5) is 15.3 Å². The first-order chi connectivity index (χ1) is 16.9. The van der Waals surface area contributed by atoms with Gasteiger partial charge in [0.1, 0.15) is 6.04 Å². The molecular formula is C25H28N6O4. The third-order valence-corrected chi connectivity index (χ3v) is 6.90. The van der Waals surface area contributed by atoms with Gasteiger partial charge >= 0.3 is 18.0 Å². The molecule has 1 fully saturated rings. The molecule has 5 rings (SSSR count). The number of aromatic nitrogens is 2. The highest BCUT2D eigenvalue weighted by molar-refractivity contribution is 6.16. The lowest BCUT2D eigenvalue weighted by Crippen LogP contribution is -2.63. The molecule has 0 aliphatic carbocycles. The fourth-order valence-corrected chi connectivity index (χ4v) is 5.18. The van der Waals surface area contributed by atoms with Crippen LogP contribution in [0.1, 0.15) is 29.5 Å². The summed E-state index contributed by atoms with van der Waals surface area (Å²) in [7, 11) is 1.27. The summed E-state index contributed by atoms with van der Waals surface area (Å²) < 4.78 is 4.96. The lowest BCUT2D eigenvalue weighted by atomic mass is 9.79.